The summed E-state index contributed by atoms with van der Waals surface area (Å²) >= 11 is 0. The second-order valence-electron chi connectivity index (χ2n) is 23.4. The third-order valence-corrected chi connectivity index (χ3v) is 17.3. The Kier molecular flexibility index (Phi) is 7.67. The molecule has 0 atom stereocenters. The van der Waals surface area contributed by atoms with Gasteiger partial charge in [-0.2, -0.15) is 0 Å². The van der Waals surface area contributed by atoms with Crippen LogP contribution in [0.2, 0.25) is 0 Å². The number of furan rings is 1. The molecule has 7 aromatic carbocycles. The molecule has 65 heavy (non-hydrogen) atoms. The maximum atomic E-state index is 7.13. The molecule has 13 rings (SSSR count). The van der Waals surface area contributed by atoms with E-state index in [1.54, 1.807) is 0 Å². The summed E-state index contributed by atoms with van der Waals surface area (Å²) in [6.07, 6.45) is 4.70. The Bertz CT molecular complexity index is 3380. The van der Waals surface area contributed by atoms with Crippen LogP contribution in [-0.4, -0.2) is 6.85 Å². The van der Waals surface area contributed by atoms with Gasteiger partial charge in [0.15, 0.2) is 0 Å². The zero-order valence-electron chi connectivity index (χ0n) is 39.8. The van der Waals surface area contributed by atoms with Crippen LogP contribution in [0.5, 0.6) is 0 Å². The topological polar surface area (TPSA) is 19.6 Å². The fraction of sp³-hybridized carbons (Fsp3) is 0.311. The van der Waals surface area contributed by atoms with Gasteiger partial charge in [-0.25, -0.2) is 0 Å². The summed E-state index contributed by atoms with van der Waals surface area (Å²) in [5.74, 6) is 0. The zero-order chi connectivity index (χ0) is 44.7. The quantitative estimate of drug-likeness (QED) is 0.162. The summed E-state index contributed by atoms with van der Waals surface area (Å²) in [6.45, 7) is 24.2. The molecule has 1 aromatic heterocycles. The van der Waals surface area contributed by atoms with Crippen molar-refractivity contribution >= 4 is 68.1 Å². The third-order valence-electron chi connectivity index (χ3n) is 17.3. The molecule has 3 aliphatic heterocycles. The molecule has 0 spiro atoms. The fourth-order valence-corrected chi connectivity index (χ4v) is 13.2. The fourth-order valence-electron chi connectivity index (χ4n) is 13.2. The molecule has 4 heteroatoms. The van der Waals surface area contributed by atoms with Crippen molar-refractivity contribution in [1.82, 2.24) is 0 Å². The first-order chi connectivity index (χ1) is 30.9. The summed E-state index contributed by atoms with van der Waals surface area (Å²) in [5, 5.41) is 2.41. The summed E-state index contributed by atoms with van der Waals surface area (Å²) in [6, 6.07) is 49.6. The molecule has 0 saturated heterocycles. The van der Waals surface area contributed by atoms with E-state index in [0.717, 1.165) is 11.2 Å². The number of benzene rings is 7. The molecule has 0 N–H and O–H groups in total. The molecule has 5 aliphatic rings. The van der Waals surface area contributed by atoms with Crippen molar-refractivity contribution in [2.45, 2.75) is 122 Å². The molecule has 3 nitrogen and oxygen atoms in total. The normalized spacial score (nSPS) is 19.5. The molecular formula is C61H59BN2O. The van der Waals surface area contributed by atoms with E-state index >= 15 is 0 Å². The largest absolute Gasteiger partial charge is 0.456 e. The van der Waals surface area contributed by atoms with Crippen LogP contribution >= 0.6 is 0 Å². The minimum Gasteiger partial charge on any atom is -0.456 e. The maximum Gasteiger partial charge on any atom is 0.333 e. The molecule has 0 amide bonds. The van der Waals surface area contributed by atoms with Crippen molar-refractivity contribution in [1.29, 1.82) is 0 Å². The lowest BCUT2D eigenvalue weighted by molar-refractivity contribution is 0.332. The Morgan fingerprint density at radius 1 is 0.446 bits per heavy atom. The molecule has 322 valence electrons. The molecule has 2 aliphatic carbocycles. The van der Waals surface area contributed by atoms with Crippen LogP contribution in [-0.2, 0) is 27.1 Å². The lowest BCUT2D eigenvalue weighted by atomic mass is 9.42. The van der Waals surface area contributed by atoms with Crippen LogP contribution in [0.25, 0.3) is 44.2 Å². The number of fused-ring (bicyclic) bond motifs is 11. The van der Waals surface area contributed by atoms with Crippen LogP contribution in [0.4, 0.5) is 28.4 Å². The van der Waals surface area contributed by atoms with Crippen LogP contribution in [0.3, 0.4) is 0 Å². The van der Waals surface area contributed by atoms with E-state index in [1.807, 2.05) is 0 Å². The monoisotopic (exact) mass is 846 g/mol. The minimum atomic E-state index is -0.197. The highest BCUT2D eigenvalue weighted by atomic mass is 16.3. The molecule has 4 heterocycles. The number of para-hydroxylation sites is 2. The first-order valence-electron chi connectivity index (χ1n) is 24.2. The Hall–Kier alpha value is -6.00. The van der Waals surface area contributed by atoms with Crippen molar-refractivity contribution < 1.29 is 4.42 Å². The minimum absolute atomic E-state index is 0.0551. The first-order valence-corrected chi connectivity index (χ1v) is 24.2. The van der Waals surface area contributed by atoms with Gasteiger partial charge in [0.25, 0.3) is 0 Å². The molecule has 0 fully saturated rings. The summed E-state index contributed by atoms with van der Waals surface area (Å²) < 4.78 is 7.13. The molecule has 0 bridgehead atoms. The third kappa shape index (κ3) is 5.26. The molecule has 8 aromatic rings. The van der Waals surface area contributed by atoms with Gasteiger partial charge in [-0.3, -0.25) is 0 Å². The summed E-state index contributed by atoms with van der Waals surface area (Å²) in [4.78, 5) is 5.35. The second kappa shape index (κ2) is 12.7. The van der Waals surface area contributed by atoms with Crippen LogP contribution in [0.15, 0.2) is 132 Å². The number of rotatable bonds is 2. The Morgan fingerprint density at radius 2 is 1.06 bits per heavy atom. The van der Waals surface area contributed by atoms with Gasteiger partial charge in [0.2, 0.25) is 0 Å². The molecular weight excluding hydrogens is 787 g/mol. The lowest BCUT2D eigenvalue weighted by Gasteiger charge is -2.50. The van der Waals surface area contributed by atoms with Gasteiger partial charge in [0.05, 0.1) is 5.69 Å². The number of hydrogen-bond acceptors (Lipinski definition) is 3. The van der Waals surface area contributed by atoms with Crippen molar-refractivity contribution in [2.24, 2.45) is 0 Å². The van der Waals surface area contributed by atoms with Crippen molar-refractivity contribution in [3.63, 3.8) is 0 Å². The zero-order valence-corrected chi connectivity index (χ0v) is 39.8. The van der Waals surface area contributed by atoms with Crippen molar-refractivity contribution in [3.8, 4) is 22.3 Å². The molecule has 0 saturated carbocycles. The summed E-state index contributed by atoms with van der Waals surface area (Å²) in [5.41, 5.74) is 24.7. The van der Waals surface area contributed by atoms with Gasteiger partial charge in [-0.05, 0) is 157 Å². The van der Waals surface area contributed by atoms with Gasteiger partial charge >= 0.3 is 6.85 Å². The summed E-state index contributed by atoms with van der Waals surface area (Å²) in [7, 11) is 0. The Balaban J connectivity index is 1.17. The first kappa shape index (κ1) is 39.4. The average Bonchev–Trinajstić information content (AvgIpc) is 3.65. The average molecular weight is 847 g/mol. The van der Waals surface area contributed by atoms with Gasteiger partial charge in [0, 0.05) is 50.6 Å². The van der Waals surface area contributed by atoms with E-state index in [0.29, 0.717) is 0 Å². The molecule has 0 radical (unpaired) electrons. The van der Waals surface area contributed by atoms with Crippen LogP contribution in [0.1, 0.15) is 128 Å². The predicted molar refractivity (Wildman–Crippen MR) is 276 cm³/mol. The Morgan fingerprint density at radius 3 is 1.80 bits per heavy atom. The standard InChI is InChI=1S/C61H59BN2O/c1-57(2)25-26-58(3,4)46-31-38(23-24-43(46)57)64-51-35-54-40(41-33-47-48(34-53(41)65-54)60(7,8)28-27-59(47,5)6)32-39(51)42-29-37(36-17-12-11-13-18-36)30-52-55(42)62(64)49-21-16-20-45-56(49)63(52)50-22-15-14-19-44(50)61(45,9)10/h11-24,29-35H,25-28H2,1-10H3. The van der Waals surface area contributed by atoms with Crippen molar-refractivity contribution in [3.05, 3.63) is 161 Å². The highest BCUT2D eigenvalue weighted by Gasteiger charge is 2.50. The predicted octanol–water partition coefficient (Wildman–Crippen LogP) is 15.3. The van der Waals surface area contributed by atoms with E-state index in [1.165, 1.54) is 131 Å². The van der Waals surface area contributed by atoms with Gasteiger partial charge < -0.3 is 14.1 Å². The lowest BCUT2D eigenvalue weighted by Crippen LogP contribution is -2.62. The van der Waals surface area contributed by atoms with E-state index in [2.05, 4.69) is 206 Å². The highest BCUT2D eigenvalue weighted by molar-refractivity contribution is 6.93. The highest BCUT2D eigenvalue weighted by Crippen LogP contribution is 2.57. The smallest absolute Gasteiger partial charge is 0.333 e. The maximum absolute atomic E-state index is 7.13. The second-order valence-corrected chi connectivity index (χ2v) is 23.4. The SMILES string of the molecule is CC1(C)CCC(C)(C)c2cc(N3B4c5cccc6c5N(c5ccccc5C6(C)C)c5cc(-c6ccccc6)cc(c54)-c4cc5c(cc43)oc3cc4c(cc35)C(C)(C)CCC4(C)C)ccc21. The molecule has 0 unspecified atom stereocenters. The van der Waals surface area contributed by atoms with Crippen LogP contribution in [0, 0.1) is 0 Å². The van der Waals surface area contributed by atoms with E-state index < -0.39 is 0 Å². The van der Waals surface area contributed by atoms with Crippen LogP contribution < -0.4 is 20.6 Å². The van der Waals surface area contributed by atoms with E-state index in [-0.39, 0.29) is 33.9 Å². The van der Waals surface area contributed by atoms with Gasteiger partial charge in [-0.1, -0.05) is 142 Å². The van der Waals surface area contributed by atoms with E-state index in [9.17, 15) is 0 Å². The van der Waals surface area contributed by atoms with Gasteiger partial charge in [0.1, 0.15) is 11.2 Å². The van der Waals surface area contributed by atoms with E-state index in [4.69, 9.17) is 4.42 Å². The number of nitrogens with zero attached hydrogens (tertiary/aromatic N) is 2. The van der Waals surface area contributed by atoms with Crippen molar-refractivity contribution in [2.75, 3.05) is 9.71 Å². The number of anilines is 5. The number of hydrogen-bond donors (Lipinski definition) is 0. The van der Waals surface area contributed by atoms with Gasteiger partial charge in [-0.15, -0.1) is 0 Å². The Labute approximate surface area is 385 Å².